The Morgan fingerprint density at radius 2 is 1.89 bits per heavy atom. The Bertz CT molecular complexity index is 416. The molecule has 2 amide bonds. The monoisotopic (exact) mass is 262 g/mol. The molecule has 1 N–H and O–H groups in total. The summed E-state index contributed by atoms with van der Waals surface area (Å²) in [4.78, 5) is 26.0. The number of terminal acetylenes is 1. The average Bonchev–Trinajstić information content (AvgIpc) is 2.42. The van der Waals surface area contributed by atoms with E-state index >= 15 is 0 Å². The smallest absolute Gasteiger partial charge is 0.247 e. The van der Waals surface area contributed by atoms with E-state index in [2.05, 4.69) is 11.2 Å². The molecule has 1 aliphatic heterocycles. The van der Waals surface area contributed by atoms with Gasteiger partial charge in [-0.1, -0.05) is 25.2 Å². The first-order valence-corrected chi connectivity index (χ1v) is 7.04. The first-order chi connectivity index (χ1) is 8.95. The predicted octanol–water partition coefficient (Wildman–Crippen LogP) is 1.31. The van der Waals surface area contributed by atoms with Gasteiger partial charge in [-0.25, -0.2) is 0 Å². The normalized spacial score (nSPS) is 25.9. The van der Waals surface area contributed by atoms with Crippen molar-refractivity contribution in [2.45, 2.75) is 57.5 Å². The van der Waals surface area contributed by atoms with E-state index in [-0.39, 0.29) is 30.3 Å². The molecule has 1 saturated carbocycles. The molecule has 1 atom stereocenters. The first-order valence-electron chi connectivity index (χ1n) is 7.04. The van der Waals surface area contributed by atoms with Crippen LogP contribution in [-0.2, 0) is 9.59 Å². The van der Waals surface area contributed by atoms with Crippen LogP contribution in [0.2, 0.25) is 0 Å². The van der Waals surface area contributed by atoms with Crippen molar-refractivity contribution in [3.05, 3.63) is 0 Å². The molecule has 1 aliphatic carbocycles. The number of rotatable bonds is 2. The fourth-order valence-corrected chi connectivity index (χ4v) is 3.01. The molecule has 2 aliphatic rings. The summed E-state index contributed by atoms with van der Waals surface area (Å²) in [5.41, 5.74) is -0.707. The maximum Gasteiger partial charge on any atom is 0.247 e. The first kappa shape index (κ1) is 13.9. The number of amides is 2. The van der Waals surface area contributed by atoms with Gasteiger partial charge in [-0.2, -0.15) is 0 Å². The van der Waals surface area contributed by atoms with Gasteiger partial charge in [0.15, 0.2) is 0 Å². The quantitative estimate of drug-likeness (QED) is 0.763. The Hall–Kier alpha value is -1.50. The lowest BCUT2D eigenvalue weighted by atomic mass is 9.82. The molecule has 0 bridgehead atoms. The second kappa shape index (κ2) is 5.24. The number of nitrogens with one attached hydrogen (secondary N) is 1. The van der Waals surface area contributed by atoms with Gasteiger partial charge in [0.2, 0.25) is 11.8 Å². The Morgan fingerprint density at radius 1 is 1.26 bits per heavy atom. The van der Waals surface area contributed by atoms with Gasteiger partial charge in [-0.3, -0.25) is 9.59 Å². The zero-order valence-corrected chi connectivity index (χ0v) is 11.7. The van der Waals surface area contributed by atoms with Gasteiger partial charge < -0.3 is 10.2 Å². The molecule has 1 unspecified atom stereocenters. The lowest BCUT2D eigenvalue weighted by molar-refractivity contribution is -0.149. The maximum atomic E-state index is 12.6. The number of hydrogen-bond donors (Lipinski definition) is 1. The van der Waals surface area contributed by atoms with Crippen molar-refractivity contribution in [3.63, 3.8) is 0 Å². The Balaban J connectivity index is 2.18. The Labute approximate surface area is 114 Å². The SMILES string of the molecule is C#CC(C)(C)N1CC(=O)NC(C2CCCCC2)C1=O. The van der Waals surface area contributed by atoms with Crippen molar-refractivity contribution in [1.29, 1.82) is 0 Å². The third-order valence-corrected chi connectivity index (χ3v) is 4.30. The molecule has 0 aromatic rings. The summed E-state index contributed by atoms with van der Waals surface area (Å²) in [6.45, 7) is 3.68. The minimum Gasteiger partial charge on any atom is -0.342 e. The van der Waals surface area contributed by atoms with Crippen molar-refractivity contribution in [1.82, 2.24) is 10.2 Å². The van der Waals surface area contributed by atoms with Crippen molar-refractivity contribution < 1.29 is 9.59 Å². The summed E-state index contributed by atoms with van der Waals surface area (Å²) in [5.74, 6) is 2.76. The number of carbonyl (C=O) groups excluding carboxylic acids is 2. The molecular formula is C15H22N2O2. The van der Waals surface area contributed by atoms with Crippen LogP contribution in [0.25, 0.3) is 0 Å². The minimum absolute atomic E-state index is 0.0190. The van der Waals surface area contributed by atoms with Crippen LogP contribution in [0.5, 0.6) is 0 Å². The molecule has 2 fully saturated rings. The lowest BCUT2D eigenvalue weighted by Crippen LogP contribution is -2.65. The molecule has 0 radical (unpaired) electrons. The van der Waals surface area contributed by atoms with Crippen LogP contribution < -0.4 is 5.32 Å². The van der Waals surface area contributed by atoms with Crippen LogP contribution in [-0.4, -0.2) is 34.8 Å². The van der Waals surface area contributed by atoms with E-state index in [1.165, 1.54) is 6.42 Å². The van der Waals surface area contributed by atoms with E-state index in [0.29, 0.717) is 0 Å². The molecule has 1 heterocycles. The fraction of sp³-hybridized carbons (Fsp3) is 0.733. The number of nitrogens with zero attached hydrogens (tertiary/aromatic N) is 1. The molecule has 104 valence electrons. The third-order valence-electron chi connectivity index (χ3n) is 4.30. The van der Waals surface area contributed by atoms with Crippen LogP contribution >= 0.6 is 0 Å². The van der Waals surface area contributed by atoms with Crippen LogP contribution in [0.4, 0.5) is 0 Å². The Kier molecular flexibility index (Phi) is 3.84. The molecule has 1 saturated heterocycles. The maximum absolute atomic E-state index is 12.6. The van der Waals surface area contributed by atoms with Gasteiger partial charge in [-0.15, -0.1) is 6.42 Å². The van der Waals surface area contributed by atoms with E-state index in [9.17, 15) is 9.59 Å². The van der Waals surface area contributed by atoms with Gasteiger partial charge in [0.05, 0.1) is 5.54 Å². The van der Waals surface area contributed by atoms with E-state index < -0.39 is 5.54 Å². The average molecular weight is 262 g/mol. The minimum atomic E-state index is -0.707. The van der Waals surface area contributed by atoms with E-state index in [1.54, 1.807) is 18.7 Å². The van der Waals surface area contributed by atoms with Gasteiger partial charge in [-0.05, 0) is 32.6 Å². The molecule has 4 heteroatoms. The zero-order valence-electron chi connectivity index (χ0n) is 11.7. The van der Waals surface area contributed by atoms with Crippen molar-refractivity contribution >= 4 is 11.8 Å². The standard InChI is InChI=1S/C15H22N2O2/c1-4-15(2,3)17-10-12(18)16-13(14(17)19)11-8-6-5-7-9-11/h1,11,13H,5-10H2,2-3H3,(H,16,18). The van der Waals surface area contributed by atoms with Crippen LogP contribution in [0.3, 0.4) is 0 Å². The van der Waals surface area contributed by atoms with Crippen LogP contribution in [0, 0.1) is 18.3 Å². The fourth-order valence-electron chi connectivity index (χ4n) is 3.01. The summed E-state index contributed by atoms with van der Waals surface area (Å²) in [6, 6.07) is -0.380. The molecular weight excluding hydrogens is 240 g/mol. The topological polar surface area (TPSA) is 49.4 Å². The summed E-state index contributed by atoms with van der Waals surface area (Å²) < 4.78 is 0. The van der Waals surface area contributed by atoms with E-state index in [1.807, 2.05) is 0 Å². The second-order valence-electron chi connectivity index (χ2n) is 6.07. The molecule has 0 aromatic heterocycles. The second-order valence-corrected chi connectivity index (χ2v) is 6.07. The molecule has 0 aromatic carbocycles. The summed E-state index contributed by atoms with van der Waals surface area (Å²) in [5, 5.41) is 2.86. The largest absolute Gasteiger partial charge is 0.342 e. The number of hydrogen-bond acceptors (Lipinski definition) is 2. The number of carbonyl (C=O) groups is 2. The van der Waals surface area contributed by atoms with Crippen LogP contribution in [0.15, 0.2) is 0 Å². The van der Waals surface area contributed by atoms with Crippen molar-refractivity contribution in [2.24, 2.45) is 5.92 Å². The molecule has 19 heavy (non-hydrogen) atoms. The predicted molar refractivity (Wildman–Crippen MR) is 73.1 cm³/mol. The molecule has 0 spiro atoms. The highest BCUT2D eigenvalue weighted by Crippen LogP contribution is 2.29. The van der Waals surface area contributed by atoms with Gasteiger partial charge in [0, 0.05) is 0 Å². The van der Waals surface area contributed by atoms with Gasteiger partial charge in [0.25, 0.3) is 0 Å². The summed E-state index contributed by atoms with van der Waals surface area (Å²) in [6.07, 6.45) is 11.0. The lowest BCUT2D eigenvalue weighted by Gasteiger charge is -2.43. The zero-order chi connectivity index (χ0) is 14.0. The number of piperazine rings is 1. The molecule has 2 rings (SSSR count). The van der Waals surface area contributed by atoms with Gasteiger partial charge in [0.1, 0.15) is 12.6 Å². The Morgan fingerprint density at radius 3 is 2.47 bits per heavy atom. The third kappa shape index (κ3) is 2.75. The highest BCUT2D eigenvalue weighted by Gasteiger charge is 2.42. The van der Waals surface area contributed by atoms with E-state index in [4.69, 9.17) is 6.42 Å². The molecule has 4 nitrogen and oxygen atoms in total. The van der Waals surface area contributed by atoms with Crippen molar-refractivity contribution in [3.8, 4) is 12.3 Å². The highest BCUT2D eigenvalue weighted by atomic mass is 16.2. The van der Waals surface area contributed by atoms with Crippen LogP contribution in [0.1, 0.15) is 46.0 Å². The van der Waals surface area contributed by atoms with E-state index in [0.717, 1.165) is 25.7 Å². The summed E-state index contributed by atoms with van der Waals surface area (Å²) in [7, 11) is 0. The van der Waals surface area contributed by atoms with Gasteiger partial charge >= 0.3 is 0 Å². The van der Waals surface area contributed by atoms with Crippen molar-refractivity contribution in [2.75, 3.05) is 6.54 Å². The summed E-state index contributed by atoms with van der Waals surface area (Å²) >= 11 is 0. The highest BCUT2D eigenvalue weighted by molar-refractivity contribution is 5.95.